The topological polar surface area (TPSA) is 78.4 Å². The zero-order valence-corrected chi connectivity index (χ0v) is 11.9. The minimum atomic E-state index is -0.190. The number of halogens is 1. The van der Waals surface area contributed by atoms with E-state index < -0.39 is 0 Å². The summed E-state index contributed by atoms with van der Waals surface area (Å²) in [5, 5.41) is 10.4. The van der Waals surface area contributed by atoms with Gasteiger partial charge in [-0.3, -0.25) is 4.79 Å². The number of piperazine rings is 1. The second-order valence-electron chi connectivity index (χ2n) is 4.36. The van der Waals surface area contributed by atoms with Crippen molar-refractivity contribution in [3.05, 3.63) is 23.0 Å². The highest BCUT2D eigenvalue weighted by molar-refractivity contribution is 6.29. The summed E-state index contributed by atoms with van der Waals surface area (Å²) in [6.07, 6.45) is 0. The number of aromatic nitrogens is 2. The first kappa shape index (κ1) is 14.5. The molecule has 0 saturated carbocycles. The predicted molar refractivity (Wildman–Crippen MR) is 73.6 cm³/mol. The van der Waals surface area contributed by atoms with Crippen LogP contribution in [0.2, 0.25) is 5.15 Å². The Morgan fingerprint density at radius 2 is 1.85 bits per heavy atom. The molecule has 0 aromatic carbocycles. The summed E-state index contributed by atoms with van der Waals surface area (Å²) < 4.78 is 0. The normalized spacial score (nSPS) is 15.1. The maximum absolute atomic E-state index is 12.2. The summed E-state index contributed by atoms with van der Waals surface area (Å²) in [5.41, 5.74) is 0.265. The summed E-state index contributed by atoms with van der Waals surface area (Å²) in [6.45, 7) is 4.47. The van der Waals surface area contributed by atoms with Crippen LogP contribution >= 0.6 is 11.6 Å². The maximum atomic E-state index is 12.2. The SMILES string of the molecule is CCNC(=O)N1CCN(C(=O)c2ccc(Cl)nn2)CC1. The van der Waals surface area contributed by atoms with Gasteiger partial charge in [0.1, 0.15) is 0 Å². The molecule has 1 aromatic rings. The standard InChI is InChI=1S/C12H16ClN5O2/c1-2-14-12(20)18-7-5-17(6-8-18)11(19)9-3-4-10(13)16-15-9/h3-4H,2,5-8H2,1H3,(H,14,20). The average Bonchev–Trinajstić information content (AvgIpc) is 2.48. The highest BCUT2D eigenvalue weighted by atomic mass is 35.5. The van der Waals surface area contributed by atoms with Crippen molar-refractivity contribution in [2.24, 2.45) is 0 Å². The highest BCUT2D eigenvalue weighted by Crippen LogP contribution is 2.08. The fraction of sp³-hybridized carbons (Fsp3) is 0.500. The second-order valence-corrected chi connectivity index (χ2v) is 4.74. The molecule has 0 unspecified atom stereocenters. The van der Waals surface area contributed by atoms with Crippen molar-refractivity contribution in [3.63, 3.8) is 0 Å². The van der Waals surface area contributed by atoms with E-state index in [0.29, 0.717) is 32.7 Å². The van der Waals surface area contributed by atoms with Crippen LogP contribution in [0.1, 0.15) is 17.4 Å². The van der Waals surface area contributed by atoms with Gasteiger partial charge in [0.25, 0.3) is 5.91 Å². The van der Waals surface area contributed by atoms with E-state index in [4.69, 9.17) is 11.6 Å². The van der Waals surface area contributed by atoms with Gasteiger partial charge in [-0.15, -0.1) is 10.2 Å². The van der Waals surface area contributed by atoms with Gasteiger partial charge < -0.3 is 15.1 Å². The first-order valence-corrected chi connectivity index (χ1v) is 6.81. The average molecular weight is 298 g/mol. The Hall–Kier alpha value is -1.89. The molecule has 108 valence electrons. The number of nitrogens with one attached hydrogen (secondary N) is 1. The van der Waals surface area contributed by atoms with E-state index in [1.54, 1.807) is 15.9 Å². The monoisotopic (exact) mass is 297 g/mol. The Morgan fingerprint density at radius 3 is 2.40 bits per heavy atom. The molecule has 0 aliphatic carbocycles. The van der Waals surface area contributed by atoms with E-state index in [1.807, 2.05) is 6.92 Å². The third-order valence-corrected chi connectivity index (χ3v) is 3.23. The number of nitrogens with zero attached hydrogens (tertiary/aromatic N) is 4. The van der Waals surface area contributed by atoms with Gasteiger partial charge in [-0.2, -0.15) is 0 Å². The zero-order chi connectivity index (χ0) is 14.5. The Labute approximate surface area is 121 Å². The smallest absolute Gasteiger partial charge is 0.317 e. The van der Waals surface area contributed by atoms with Crippen LogP contribution in [0.25, 0.3) is 0 Å². The van der Waals surface area contributed by atoms with Gasteiger partial charge in [0.05, 0.1) is 0 Å². The minimum absolute atomic E-state index is 0.0918. The molecule has 1 aromatic heterocycles. The molecule has 0 atom stereocenters. The highest BCUT2D eigenvalue weighted by Gasteiger charge is 2.25. The molecular weight excluding hydrogens is 282 g/mol. The molecule has 1 fully saturated rings. The number of hydrogen-bond acceptors (Lipinski definition) is 4. The van der Waals surface area contributed by atoms with Gasteiger partial charge in [0, 0.05) is 32.7 Å². The number of amides is 3. The zero-order valence-electron chi connectivity index (χ0n) is 11.2. The number of hydrogen-bond donors (Lipinski definition) is 1. The lowest BCUT2D eigenvalue weighted by Gasteiger charge is -2.34. The van der Waals surface area contributed by atoms with Crippen molar-refractivity contribution in [3.8, 4) is 0 Å². The van der Waals surface area contributed by atoms with Gasteiger partial charge >= 0.3 is 6.03 Å². The van der Waals surface area contributed by atoms with E-state index in [1.165, 1.54) is 6.07 Å². The Kier molecular flexibility index (Phi) is 4.73. The molecule has 2 rings (SSSR count). The maximum Gasteiger partial charge on any atom is 0.317 e. The molecule has 0 spiro atoms. The molecule has 2 heterocycles. The van der Waals surface area contributed by atoms with E-state index in [2.05, 4.69) is 15.5 Å². The van der Waals surface area contributed by atoms with Crippen molar-refractivity contribution in [1.82, 2.24) is 25.3 Å². The van der Waals surface area contributed by atoms with Gasteiger partial charge in [-0.25, -0.2) is 4.79 Å². The van der Waals surface area contributed by atoms with Crippen LogP contribution in [0, 0.1) is 0 Å². The van der Waals surface area contributed by atoms with E-state index in [9.17, 15) is 9.59 Å². The van der Waals surface area contributed by atoms with Crippen molar-refractivity contribution in [2.75, 3.05) is 32.7 Å². The first-order valence-electron chi connectivity index (χ1n) is 6.43. The van der Waals surface area contributed by atoms with Crippen molar-refractivity contribution in [1.29, 1.82) is 0 Å². The van der Waals surface area contributed by atoms with Crippen LogP contribution in [0.4, 0.5) is 4.79 Å². The number of urea groups is 1. The fourth-order valence-electron chi connectivity index (χ4n) is 1.97. The third-order valence-electron chi connectivity index (χ3n) is 3.03. The van der Waals surface area contributed by atoms with Crippen LogP contribution < -0.4 is 5.32 Å². The van der Waals surface area contributed by atoms with Gasteiger partial charge in [0.2, 0.25) is 0 Å². The van der Waals surface area contributed by atoms with Crippen LogP contribution in [0.5, 0.6) is 0 Å². The van der Waals surface area contributed by atoms with Gasteiger partial charge in [-0.1, -0.05) is 11.6 Å². The lowest BCUT2D eigenvalue weighted by atomic mass is 10.2. The molecule has 1 aliphatic heterocycles. The molecule has 0 radical (unpaired) electrons. The lowest BCUT2D eigenvalue weighted by Crippen LogP contribution is -2.53. The molecule has 1 N–H and O–H groups in total. The van der Waals surface area contributed by atoms with Gasteiger partial charge in [-0.05, 0) is 19.1 Å². The van der Waals surface area contributed by atoms with E-state index >= 15 is 0 Å². The van der Waals surface area contributed by atoms with Crippen LogP contribution in [0.3, 0.4) is 0 Å². The number of rotatable bonds is 2. The summed E-state index contributed by atoms with van der Waals surface area (Å²) in [7, 11) is 0. The first-order chi connectivity index (χ1) is 9.61. The van der Waals surface area contributed by atoms with E-state index in [0.717, 1.165) is 0 Å². The predicted octanol–water partition coefficient (Wildman–Crippen LogP) is 0.617. The summed E-state index contributed by atoms with van der Waals surface area (Å²) >= 11 is 5.64. The second kappa shape index (κ2) is 6.51. The summed E-state index contributed by atoms with van der Waals surface area (Å²) in [4.78, 5) is 27.2. The van der Waals surface area contributed by atoms with Crippen LogP contribution in [0.15, 0.2) is 12.1 Å². The Balaban J connectivity index is 1.92. The van der Waals surface area contributed by atoms with Crippen LogP contribution in [-0.4, -0.2) is 64.7 Å². The Morgan fingerprint density at radius 1 is 1.20 bits per heavy atom. The molecule has 20 heavy (non-hydrogen) atoms. The van der Waals surface area contributed by atoms with Crippen molar-refractivity contribution >= 4 is 23.5 Å². The third kappa shape index (κ3) is 3.36. The number of carbonyl (C=O) groups is 2. The summed E-state index contributed by atoms with van der Waals surface area (Å²) in [6, 6.07) is 2.99. The van der Waals surface area contributed by atoms with E-state index in [-0.39, 0.29) is 22.8 Å². The Bertz CT molecular complexity index is 485. The number of carbonyl (C=O) groups excluding carboxylic acids is 2. The lowest BCUT2D eigenvalue weighted by molar-refractivity contribution is 0.0658. The van der Waals surface area contributed by atoms with Crippen LogP contribution in [-0.2, 0) is 0 Å². The molecule has 0 bridgehead atoms. The molecule has 8 heteroatoms. The molecule has 7 nitrogen and oxygen atoms in total. The van der Waals surface area contributed by atoms with Crippen molar-refractivity contribution in [2.45, 2.75) is 6.92 Å². The summed E-state index contributed by atoms with van der Waals surface area (Å²) in [5.74, 6) is -0.190. The van der Waals surface area contributed by atoms with Gasteiger partial charge in [0.15, 0.2) is 10.8 Å². The molecular formula is C12H16ClN5O2. The molecule has 1 saturated heterocycles. The quantitative estimate of drug-likeness (QED) is 0.868. The largest absolute Gasteiger partial charge is 0.338 e. The fourth-order valence-corrected chi connectivity index (χ4v) is 2.07. The minimum Gasteiger partial charge on any atom is -0.338 e. The molecule has 3 amide bonds. The van der Waals surface area contributed by atoms with Crippen molar-refractivity contribution < 1.29 is 9.59 Å². The molecule has 1 aliphatic rings.